The first kappa shape index (κ1) is 16.2. The Morgan fingerprint density at radius 3 is 2.50 bits per heavy atom. The van der Waals surface area contributed by atoms with E-state index in [0.29, 0.717) is 6.54 Å². The van der Waals surface area contributed by atoms with Crippen molar-refractivity contribution in [2.24, 2.45) is 5.14 Å². The number of hydrogen-bond donors (Lipinski definition) is 3. The number of rotatable bonds is 6. The molecule has 0 spiro atoms. The lowest BCUT2D eigenvalue weighted by atomic mass is 10.1. The fourth-order valence-corrected chi connectivity index (χ4v) is 2.09. The van der Waals surface area contributed by atoms with Crippen LogP contribution in [0, 0.1) is 12.3 Å². The van der Waals surface area contributed by atoms with Gasteiger partial charge in [-0.25, -0.2) is 13.6 Å². The third-order valence-electron chi connectivity index (χ3n) is 2.60. The molecule has 0 aliphatic carbocycles. The van der Waals surface area contributed by atoms with Crippen LogP contribution in [-0.4, -0.2) is 27.4 Å². The molecule has 20 heavy (non-hydrogen) atoms. The maximum absolute atomic E-state index is 11.6. The zero-order valence-corrected chi connectivity index (χ0v) is 11.9. The fourth-order valence-electron chi connectivity index (χ4n) is 1.57. The molecule has 6 nitrogen and oxygen atoms in total. The van der Waals surface area contributed by atoms with Crippen molar-refractivity contribution in [3.8, 4) is 12.3 Å². The van der Waals surface area contributed by atoms with Crippen LogP contribution in [0.25, 0.3) is 0 Å². The van der Waals surface area contributed by atoms with Gasteiger partial charge in [-0.2, -0.15) is 0 Å². The Kier molecular flexibility index (Phi) is 5.70. The Balaban J connectivity index is 2.62. The highest BCUT2D eigenvalue weighted by atomic mass is 32.2. The lowest BCUT2D eigenvalue weighted by molar-refractivity contribution is -0.120. The predicted molar refractivity (Wildman–Crippen MR) is 76.1 cm³/mol. The number of carbonyl (C=O) groups is 1. The van der Waals surface area contributed by atoms with E-state index in [1.807, 2.05) is 0 Å². The zero-order chi connectivity index (χ0) is 15.2. The first-order valence-electron chi connectivity index (χ1n) is 5.91. The van der Waals surface area contributed by atoms with Crippen LogP contribution >= 0.6 is 0 Å². The predicted octanol–water partition coefficient (Wildman–Crippen LogP) is -0.266. The minimum absolute atomic E-state index is 0.0375. The number of terminal acetylenes is 1. The van der Waals surface area contributed by atoms with Gasteiger partial charge in [0.2, 0.25) is 15.9 Å². The quantitative estimate of drug-likeness (QED) is 0.497. The summed E-state index contributed by atoms with van der Waals surface area (Å²) in [6.45, 7) is 2.25. The molecule has 1 atom stereocenters. The Morgan fingerprint density at radius 2 is 2.00 bits per heavy atom. The molecule has 1 unspecified atom stereocenters. The molecule has 1 aromatic rings. The molecular formula is C13H17N3O3S. The van der Waals surface area contributed by atoms with E-state index in [1.165, 1.54) is 12.1 Å². The van der Waals surface area contributed by atoms with Crippen LogP contribution in [0.4, 0.5) is 0 Å². The third kappa shape index (κ3) is 5.01. The third-order valence-corrected chi connectivity index (χ3v) is 3.53. The van der Waals surface area contributed by atoms with E-state index in [0.717, 1.165) is 5.56 Å². The van der Waals surface area contributed by atoms with Crippen molar-refractivity contribution in [3.63, 3.8) is 0 Å². The van der Waals surface area contributed by atoms with Crippen LogP contribution in [0.2, 0.25) is 0 Å². The van der Waals surface area contributed by atoms with Crippen LogP contribution < -0.4 is 15.8 Å². The van der Waals surface area contributed by atoms with Gasteiger partial charge in [-0.3, -0.25) is 10.1 Å². The molecule has 1 aromatic carbocycles. The maximum Gasteiger partial charge on any atom is 0.238 e. The Morgan fingerprint density at radius 1 is 1.40 bits per heavy atom. The number of sulfonamides is 1. The van der Waals surface area contributed by atoms with Gasteiger partial charge in [0.15, 0.2) is 0 Å². The standard InChI is InChI=1S/C13H17N3O3S/c1-3-8-15-9-13(17)16-10(2)11-4-6-12(7-5-11)20(14,18)19/h1,4-7,10,15H,8-9H2,2H3,(H,16,17)(H2,14,18,19). The summed E-state index contributed by atoms with van der Waals surface area (Å²) in [4.78, 5) is 11.6. The number of amides is 1. The monoisotopic (exact) mass is 295 g/mol. The summed E-state index contributed by atoms with van der Waals surface area (Å²) < 4.78 is 22.2. The van der Waals surface area contributed by atoms with Crippen LogP contribution in [0.1, 0.15) is 18.5 Å². The molecule has 0 aliphatic rings. The minimum atomic E-state index is -3.70. The molecule has 0 fully saturated rings. The van der Waals surface area contributed by atoms with Gasteiger partial charge in [-0.1, -0.05) is 18.1 Å². The highest BCUT2D eigenvalue weighted by molar-refractivity contribution is 7.89. The molecule has 1 amide bonds. The van der Waals surface area contributed by atoms with Crippen LogP contribution in [0.15, 0.2) is 29.2 Å². The highest BCUT2D eigenvalue weighted by Crippen LogP contribution is 2.15. The van der Waals surface area contributed by atoms with E-state index in [1.54, 1.807) is 19.1 Å². The number of nitrogens with two attached hydrogens (primary N) is 1. The summed E-state index contributed by atoms with van der Waals surface area (Å²) in [7, 11) is -3.70. The molecule has 7 heteroatoms. The van der Waals surface area contributed by atoms with Crippen molar-refractivity contribution in [1.82, 2.24) is 10.6 Å². The Hall–Kier alpha value is -1.88. The molecule has 0 radical (unpaired) electrons. The topological polar surface area (TPSA) is 101 Å². The lowest BCUT2D eigenvalue weighted by Gasteiger charge is -2.14. The summed E-state index contributed by atoms with van der Waals surface area (Å²) in [5.41, 5.74) is 0.780. The van der Waals surface area contributed by atoms with Crippen LogP contribution in [0.5, 0.6) is 0 Å². The molecule has 0 aromatic heterocycles. The second-order valence-corrected chi connectivity index (χ2v) is 5.77. The van der Waals surface area contributed by atoms with Crippen molar-refractivity contribution in [1.29, 1.82) is 0 Å². The van der Waals surface area contributed by atoms with Crippen molar-refractivity contribution in [2.75, 3.05) is 13.1 Å². The van der Waals surface area contributed by atoms with Crippen molar-refractivity contribution >= 4 is 15.9 Å². The van der Waals surface area contributed by atoms with E-state index in [4.69, 9.17) is 11.6 Å². The molecule has 1 rings (SSSR count). The van der Waals surface area contributed by atoms with Gasteiger partial charge in [0.05, 0.1) is 24.0 Å². The van der Waals surface area contributed by atoms with Gasteiger partial charge < -0.3 is 5.32 Å². The SMILES string of the molecule is C#CCNCC(=O)NC(C)c1ccc(S(N)(=O)=O)cc1. The molecule has 0 saturated heterocycles. The van der Waals surface area contributed by atoms with Crippen LogP contribution in [0.3, 0.4) is 0 Å². The van der Waals surface area contributed by atoms with Crippen molar-refractivity contribution < 1.29 is 13.2 Å². The number of primary sulfonamides is 1. The van der Waals surface area contributed by atoms with Gasteiger partial charge >= 0.3 is 0 Å². The molecular weight excluding hydrogens is 278 g/mol. The molecule has 4 N–H and O–H groups in total. The number of benzene rings is 1. The molecule has 0 heterocycles. The number of nitrogens with one attached hydrogen (secondary N) is 2. The first-order valence-corrected chi connectivity index (χ1v) is 7.45. The van der Waals surface area contributed by atoms with Crippen molar-refractivity contribution in [2.45, 2.75) is 17.9 Å². The van der Waals surface area contributed by atoms with Gasteiger partial charge in [0, 0.05) is 0 Å². The average Bonchev–Trinajstić information content (AvgIpc) is 2.38. The normalized spacial score (nSPS) is 12.4. The van der Waals surface area contributed by atoms with Crippen molar-refractivity contribution in [3.05, 3.63) is 29.8 Å². The van der Waals surface area contributed by atoms with Crippen LogP contribution in [-0.2, 0) is 14.8 Å². The number of hydrogen-bond acceptors (Lipinski definition) is 4. The summed E-state index contributed by atoms with van der Waals surface area (Å²) in [6.07, 6.45) is 5.05. The average molecular weight is 295 g/mol. The van der Waals surface area contributed by atoms with Gasteiger partial charge in [-0.05, 0) is 24.6 Å². The maximum atomic E-state index is 11.6. The second-order valence-electron chi connectivity index (χ2n) is 4.21. The highest BCUT2D eigenvalue weighted by Gasteiger charge is 2.11. The van der Waals surface area contributed by atoms with E-state index in [-0.39, 0.29) is 23.4 Å². The summed E-state index contributed by atoms with van der Waals surface area (Å²) in [5, 5.41) is 10.5. The fraction of sp³-hybridized carbons (Fsp3) is 0.308. The molecule has 0 bridgehead atoms. The Labute approximate surface area is 118 Å². The first-order chi connectivity index (χ1) is 9.34. The summed E-state index contributed by atoms with van der Waals surface area (Å²) in [5.74, 6) is 2.18. The number of carbonyl (C=O) groups excluding carboxylic acids is 1. The molecule has 0 saturated carbocycles. The minimum Gasteiger partial charge on any atom is -0.348 e. The van der Waals surface area contributed by atoms with Gasteiger partial charge in [0.1, 0.15) is 0 Å². The lowest BCUT2D eigenvalue weighted by Crippen LogP contribution is -2.35. The zero-order valence-electron chi connectivity index (χ0n) is 11.1. The molecule has 108 valence electrons. The second kappa shape index (κ2) is 7.05. The van der Waals surface area contributed by atoms with Gasteiger partial charge in [0.25, 0.3) is 0 Å². The summed E-state index contributed by atoms with van der Waals surface area (Å²) in [6, 6.07) is 5.79. The van der Waals surface area contributed by atoms with Gasteiger partial charge in [-0.15, -0.1) is 6.42 Å². The summed E-state index contributed by atoms with van der Waals surface area (Å²) >= 11 is 0. The Bertz CT molecular complexity index is 603. The largest absolute Gasteiger partial charge is 0.348 e. The van der Waals surface area contributed by atoms with E-state index < -0.39 is 10.0 Å². The van der Waals surface area contributed by atoms with E-state index >= 15 is 0 Å². The van der Waals surface area contributed by atoms with E-state index in [9.17, 15) is 13.2 Å². The smallest absolute Gasteiger partial charge is 0.238 e. The van der Waals surface area contributed by atoms with E-state index in [2.05, 4.69) is 16.6 Å². The molecule has 0 aliphatic heterocycles.